The van der Waals surface area contributed by atoms with Crippen LogP contribution < -0.4 is 0 Å². The van der Waals surface area contributed by atoms with Gasteiger partial charge in [0.25, 0.3) is 0 Å². The van der Waals surface area contributed by atoms with Gasteiger partial charge in [-0.2, -0.15) is 0 Å². The van der Waals surface area contributed by atoms with E-state index in [1.165, 1.54) is 15.6 Å². The second-order valence-corrected chi connectivity index (χ2v) is 4.85. The fourth-order valence-electron chi connectivity index (χ4n) is 1.47. The average Bonchev–Trinajstić information content (AvgIpc) is 2.88. The molecule has 0 saturated heterocycles. The van der Waals surface area contributed by atoms with Crippen molar-refractivity contribution in [3.63, 3.8) is 0 Å². The van der Waals surface area contributed by atoms with Gasteiger partial charge in [-0.25, -0.2) is 4.98 Å². The van der Waals surface area contributed by atoms with Crippen LogP contribution in [0.25, 0.3) is 20.7 Å². The lowest BCUT2D eigenvalue weighted by atomic mass is 10.2. The summed E-state index contributed by atoms with van der Waals surface area (Å²) in [5, 5.41) is 6.53. The molecule has 0 bridgehead atoms. The maximum Gasteiger partial charge on any atom is 0.123 e. The summed E-state index contributed by atoms with van der Waals surface area (Å²) in [6.07, 6.45) is 1.85. The van der Waals surface area contributed by atoms with Crippen molar-refractivity contribution < 1.29 is 0 Å². The Hall–Kier alpha value is -1.19. The van der Waals surface area contributed by atoms with Crippen LogP contribution in [-0.2, 0) is 0 Å². The lowest BCUT2D eigenvalue weighted by molar-refractivity contribution is 1.42. The molecule has 0 spiro atoms. The molecule has 14 heavy (non-hydrogen) atoms. The molecule has 0 saturated carbocycles. The molecule has 3 heteroatoms. The van der Waals surface area contributed by atoms with Crippen molar-refractivity contribution in [2.75, 3.05) is 0 Å². The maximum absolute atomic E-state index is 4.30. The van der Waals surface area contributed by atoms with E-state index in [1.807, 2.05) is 11.6 Å². The molecule has 0 aliphatic heterocycles. The van der Waals surface area contributed by atoms with Gasteiger partial charge in [0, 0.05) is 21.8 Å². The maximum atomic E-state index is 4.30. The zero-order chi connectivity index (χ0) is 9.38. The highest BCUT2D eigenvalue weighted by Gasteiger charge is 2.01. The fraction of sp³-hybridized carbons (Fsp3) is 0. The Bertz CT molecular complexity index is 551. The molecule has 68 valence electrons. The van der Waals surface area contributed by atoms with E-state index in [9.17, 15) is 0 Å². The van der Waals surface area contributed by atoms with Crippen molar-refractivity contribution in [1.29, 1.82) is 0 Å². The SMILES string of the molecule is c1csc(-c2ccc3sccc3c2)n1. The summed E-state index contributed by atoms with van der Waals surface area (Å²) < 4.78 is 1.34. The largest absolute Gasteiger partial charge is 0.245 e. The van der Waals surface area contributed by atoms with Gasteiger partial charge in [-0.1, -0.05) is 6.07 Å². The van der Waals surface area contributed by atoms with E-state index < -0.39 is 0 Å². The Balaban J connectivity index is 2.23. The number of thiazole rings is 1. The van der Waals surface area contributed by atoms with Crippen molar-refractivity contribution >= 4 is 32.8 Å². The highest BCUT2D eigenvalue weighted by molar-refractivity contribution is 7.17. The highest BCUT2D eigenvalue weighted by atomic mass is 32.1. The second-order valence-electron chi connectivity index (χ2n) is 3.01. The van der Waals surface area contributed by atoms with Crippen molar-refractivity contribution in [3.05, 3.63) is 41.2 Å². The predicted octanol–water partition coefficient (Wildman–Crippen LogP) is 4.02. The molecule has 1 nitrogen and oxygen atoms in total. The molecule has 3 aromatic rings. The third-order valence-electron chi connectivity index (χ3n) is 2.13. The summed E-state index contributed by atoms with van der Waals surface area (Å²) in [6.45, 7) is 0. The molecule has 0 atom stereocenters. The van der Waals surface area contributed by atoms with Crippen LogP contribution in [0.3, 0.4) is 0 Å². The van der Waals surface area contributed by atoms with Crippen LogP contribution in [-0.4, -0.2) is 4.98 Å². The van der Waals surface area contributed by atoms with E-state index in [0.717, 1.165) is 5.01 Å². The Morgan fingerprint density at radius 1 is 1.00 bits per heavy atom. The van der Waals surface area contributed by atoms with E-state index in [-0.39, 0.29) is 0 Å². The Kier molecular flexibility index (Phi) is 1.85. The summed E-state index contributed by atoms with van der Waals surface area (Å²) in [7, 11) is 0. The Morgan fingerprint density at radius 2 is 2.00 bits per heavy atom. The monoisotopic (exact) mass is 217 g/mol. The summed E-state index contributed by atoms with van der Waals surface area (Å²) in [6, 6.07) is 8.65. The minimum atomic E-state index is 1.10. The van der Waals surface area contributed by atoms with E-state index in [0.29, 0.717) is 0 Å². The molecule has 2 heterocycles. The Labute approximate surface area is 89.7 Å². The Morgan fingerprint density at radius 3 is 2.86 bits per heavy atom. The van der Waals surface area contributed by atoms with E-state index in [1.54, 1.807) is 22.7 Å². The number of benzene rings is 1. The first-order chi connectivity index (χ1) is 6.93. The van der Waals surface area contributed by atoms with Gasteiger partial charge >= 0.3 is 0 Å². The second kappa shape index (κ2) is 3.19. The standard InChI is InChI=1S/C11H7NS2/c1-2-10-8(3-5-13-10)7-9(1)11-12-4-6-14-11/h1-7H. The molecule has 3 rings (SSSR count). The summed E-state index contributed by atoms with van der Waals surface area (Å²) in [5.41, 5.74) is 1.21. The molecule has 1 aromatic carbocycles. The quantitative estimate of drug-likeness (QED) is 0.600. The van der Waals surface area contributed by atoms with Crippen LogP contribution in [0.2, 0.25) is 0 Å². The molecule has 0 N–H and O–H groups in total. The first-order valence-corrected chi connectivity index (χ1v) is 6.06. The first kappa shape index (κ1) is 8.15. The molecule has 0 aliphatic rings. The van der Waals surface area contributed by atoms with Gasteiger partial charge in [0.05, 0.1) is 0 Å². The molecule has 0 radical (unpaired) electrons. The smallest absolute Gasteiger partial charge is 0.123 e. The molecular weight excluding hydrogens is 210 g/mol. The number of fused-ring (bicyclic) bond motifs is 1. The zero-order valence-corrected chi connectivity index (χ0v) is 8.94. The number of hydrogen-bond acceptors (Lipinski definition) is 3. The van der Waals surface area contributed by atoms with Gasteiger partial charge in [-0.3, -0.25) is 0 Å². The summed E-state index contributed by atoms with van der Waals surface area (Å²) >= 11 is 3.46. The van der Waals surface area contributed by atoms with Crippen LogP contribution in [0.15, 0.2) is 41.2 Å². The van der Waals surface area contributed by atoms with Crippen LogP contribution in [0.4, 0.5) is 0 Å². The number of aromatic nitrogens is 1. The van der Waals surface area contributed by atoms with Gasteiger partial charge < -0.3 is 0 Å². The molecule has 0 amide bonds. The fourth-order valence-corrected chi connectivity index (χ4v) is 2.87. The van der Waals surface area contributed by atoms with Crippen molar-refractivity contribution in [1.82, 2.24) is 4.98 Å². The highest BCUT2D eigenvalue weighted by Crippen LogP contribution is 2.28. The van der Waals surface area contributed by atoms with Crippen molar-refractivity contribution in [3.8, 4) is 10.6 Å². The summed E-state index contributed by atoms with van der Waals surface area (Å²) in [4.78, 5) is 4.30. The number of thiophene rings is 1. The number of hydrogen-bond donors (Lipinski definition) is 0. The first-order valence-electron chi connectivity index (χ1n) is 4.30. The van der Waals surface area contributed by atoms with Crippen LogP contribution >= 0.6 is 22.7 Å². The van der Waals surface area contributed by atoms with E-state index in [4.69, 9.17) is 0 Å². The van der Waals surface area contributed by atoms with Crippen molar-refractivity contribution in [2.45, 2.75) is 0 Å². The minimum Gasteiger partial charge on any atom is -0.245 e. The van der Waals surface area contributed by atoms with E-state index >= 15 is 0 Å². The number of nitrogens with zero attached hydrogens (tertiary/aromatic N) is 1. The lowest BCUT2D eigenvalue weighted by Gasteiger charge is -1.95. The molecule has 0 fully saturated rings. The van der Waals surface area contributed by atoms with Crippen LogP contribution in [0.5, 0.6) is 0 Å². The molecule has 0 unspecified atom stereocenters. The van der Waals surface area contributed by atoms with Crippen LogP contribution in [0.1, 0.15) is 0 Å². The average molecular weight is 217 g/mol. The normalized spacial score (nSPS) is 10.9. The van der Waals surface area contributed by atoms with Gasteiger partial charge in [-0.15, -0.1) is 22.7 Å². The third kappa shape index (κ3) is 1.25. The third-order valence-corrected chi connectivity index (χ3v) is 3.85. The van der Waals surface area contributed by atoms with Gasteiger partial charge in [0.15, 0.2) is 0 Å². The summed E-state index contributed by atoms with van der Waals surface area (Å²) in [5.74, 6) is 0. The van der Waals surface area contributed by atoms with Gasteiger partial charge in [-0.05, 0) is 29.0 Å². The van der Waals surface area contributed by atoms with Crippen molar-refractivity contribution in [2.24, 2.45) is 0 Å². The van der Waals surface area contributed by atoms with Gasteiger partial charge in [0.2, 0.25) is 0 Å². The topological polar surface area (TPSA) is 12.9 Å². The van der Waals surface area contributed by atoms with Gasteiger partial charge in [0.1, 0.15) is 5.01 Å². The van der Waals surface area contributed by atoms with E-state index in [2.05, 4.69) is 34.6 Å². The predicted molar refractivity (Wildman–Crippen MR) is 62.9 cm³/mol. The minimum absolute atomic E-state index is 1.10. The van der Waals surface area contributed by atoms with Crippen LogP contribution in [0, 0.1) is 0 Å². The molecular formula is C11H7NS2. The molecule has 0 aliphatic carbocycles. The molecule has 2 aromatic heterocycles. The lowest BCUT2D eigenvalue weighted by Crippen LogP contribution is -1.73. The zero-order valence-electron chi connectivity index (χ0n) is 7.31. The number of rotatable bonds is 1.